The van der Waals surface area contributed by atoms with Gasteiger partial charge < -0.3 is 5.11 Å². The number of ketones is 1. The Balaban J connectivity index is 2.14. The van der Waals surface area contributed by atoms with Crippen LogP contribution >= 0.6 is 11.3 Å². The Bertz CT molecular complexity index is 740. The lowest BCUT2D eigenvalue weighted by molar-refractivity contribution is 0.103. The van der Waals surface area contributed by atoms with Gasteiger partial charge in [-0.2, -0.15) is 0 Å². The summed E-state index contributed by atoms with van der Waals surface area (Å²) in [6, 6.07) is 6.29. The van der Waals surface area contributed by atoms with Gasteiger partial charge in [-0.05, 0) is 30.7 Å². The summed E-state index contributed by atoms with van der Waals surface area (Å²) >= 11 is 1.51. The second kappa shape index (κ2) is 4.51. The molecule has 0 saturated carbocycles. The Kier molecular flexibility index (Phi) is 2.83. The van der Waals surface area contributed by atoms with Crippen LogP contribution in [0.1, 0.15) is 28.7 Å². The van der Waals surface area contributed by atoms with E-state index in [-0.39, 0.29) is 11.5 Å². The van der Waals surface area contributed by atoms with E-state index in [1.54, 1.807) is 12.1 Å². The molecule has 0 aliphatic heterocycles. The molecule has 0 amide bonds. The van der Waals surface area contributed by atoms with E-state index in [0.717, 1.165) is 10.7 Å². The van der Waals surface area contributed by atoms with Crippen LogP contribution in [-0.4, -0.2) is 20.3 Å². The lowest BCUT2D eigenvalue weighted by atomic mass is 10.1. The molecular weight excluding hydrogens is 260 g/mol. The SMILES string of the molecule is CCc1nc2sccn2c1C(=O)c1ccc(O)cc1. The summed E-state index contributed by atoms with van der Waals surface area (Å²) < 4.78 is 1.83. The fourth-order valence-electron chi connectivity index (χ4n) is 2.07. The Morgan fingerprint density at radius 2 is 2.11 bits per heavy atom. The van der Waals surface area contributed by atoms with Crippen LogP contribution in [0.2, 0.25) is 0 Å². The number of carbonyl (C=O) groups is 1. The highest BCUT2D eigenvalue weighted by Crippen LogP contribution is 2.21. The van der Waals surface area contributed by atoms with Crippen molar-refractivity contribution in [2.24, 2.45) is 0 Å². The fraction of sp³-hybridized carbons (Fsp3) is 0.143. The molecule has 5 heteroatoms. The van der Waals surface area contributed by atoms with Crippen molar-refractivity contribution in [3.8, 4) is 5.75 Å². The van der Waals surface area contributed by atoms with Gasteiger partial charge in [-0.3, -0.25) is 9.20 Å². The maximum atomic E-state index is 12.6. The number of fused-ring (bicyclic) bond motifs is 1. The van der Waals surface area contributed by atoms with E-state index < -0.39 is 0 Å². The molecule has 0 atom stereocenters. The number of aromatic nitrogens is 2. The van der Waals surface area contributed by atoms with E-state index >= 15 is 0 Å². The summed E-state index contributed by atoms with van der Waals surface area (Å²) in [5.74, 6) is 0.0870. The average Bonchev–Trinajstić information content (AvgIpc) is 2.98. The zero-order chi connectivity index (χ0) is 13.4. The van der Waals surface area contributed by atoms with Gasteiger partial charge in [0.15, 0.2) is 4.96 Å². The zero-order valence-electron chi connectivity index (χ0n) is 10.3. The summed E-state index contributed by atoms with van der Waals surface area (Å²) in [7, 11) is 0. The Hall–Kier alpha value is -2.14. The predicted molar refractivity (Wildman–Crippen MR) is 74.0 cm³/mol. The minimum atomic E-state index is -0.0669. The number of phenolic OH excluding ortho intramolecular Hbond substituents is 1. The third kappa shape index (κ3) is 1.92. The highest BCUT2D eigenvalue weighted by molar-refractivity contribution is 7.15. The number of phenols is 1. The van der Waals surface area contributed by atoms with Gasteiger partial charge in [-0.15, -0.1) is 11.3 Å². The number of imidazole rings is 1. The maximum absolute atomic E-state index is 12.6. The summed E-state index contributed by atoms with van der Waals surface area (Å²) in [4.78, 5) is 17.9. The summed E-state index contributed by atoms with van der Waals surface area (Å²) in [6.07, 6.45) is 2.58. The molecule has 3 rings (SSSR count). The number of aromatic hydroxyl groups is 1. The third-order valence-electron chi connectivity index (χ3n) is 3.01. The third-order valence-corrected chi connectivity index (χ3v) is 3.77. The van der Waals surface area contributed by atoms with Crippen LogP contribution in [0.4, 0.5) is 0 Å². The summed E-state index contributed by atoms with van der Waals surface area (Å²) in [5.41, 5.74) is 1.98. The van der Waals surface area contributed by atoms with Gasteiger partial charge in [-0.25, -0.2) is 4.98 Å². The number of thiazole rings is 1. The van der Waals surface area contributed by atoms with Crippen molar-refractivity contribution >= 4 is 22.1 Å². The molecule has 0 spiro atoms. The maximum Gasteiger partial charge on any atom is 0.211 e. The predicted octanol–water partition coefficient (Wildman–Crippen LogP) is 2.89. The Labute approximate surface area is 114 Å². The van der Waals surface area contributed by atoms with E-state index in [1.165, 1.54) is 23.5 Å². The van der Waals surface area contributed by atoms with Gasteiger partial charge >= 0.3 is 0 Å². The molecule has 0 aliphatic rings. The molecule has 4 nitrogen and oxygen atoms in total. The first kappa shape index (κ1) is 11.9. The minimum Gasteiger partial charge on any atom is -0.508 e. The number of carbonyl (C=O) groups excluding carboxylic acids is 1. The van der Waals surface area contributed by atoms with Gasteiger partial charge in [0.05, 0.1) is 5.69 Å². The molecule has 0 aliphatic carbocycles. The first-order chi connectivity index (χ1) is 9.20. The van der Waals surface area contributed by atoms with Crippen LogP contribution in [0.15, 0.2) is 35.8 Å². The molecule has 1 aromatic carbocycles. The average molecular weight is 272 g/mol. The topological polar surface area (TPSA) is 54.6 Å². The summed E-state index contributed by atoms with van der Waals surface area (Å²) in [5, 5.41) is 11.2. The molecule has 0 bridgehead atoms. The fourth-order valence-corrected chi connectivity index (χ4v) is 2.80. The van der Waals surface area contributed by atoms with Crippen LogP contribution in [0.3, 0.4) is 0 Å². The van der Waals surface area contributed by atoms with E-state index in [0.29, 0.717) is 17.7 Å². The zero-order valence-corrected chi connectivity index (χ0v) is 11.1. The van der Waals surface area contributed by atoms with Crippen LogP contribution in [0, 0.1) is 0 Å². The standard InChI is InChI=1S/C14H12N2O2S/c1-2-11-12(16-7-8-19-14(16)15-11)13(18)9-3-5-10(17)6-4-9/h3-8,17H,2H2,1H3. The molecule has 0 saturated heterocycles. The van der Waals surface area contributed by atoms with Gasteiger partial charge in [0.2, 0.25) is 5.78 Å². The van der Waals surface area contributed by atoms with Crippen LogP contribution in [0.25, 0.3) is 4.96 Å². The number of aryl methyl sites for hydroxylation is 1. The summed E-state index contributed by atoms with van der Waals surface area (Å²) in [6.45, 7) is 1.99. The molecule has 2 aromatic heterocycles. The molecule has 0 fully saturated rings. The van der Waals surface area contributed by atoms with Gasteiger partial charge in [0.1, 0.15) is 11.4 Å². The molecule has 19 heavy (non-hydrogen) atoms. The second-order valence-corrected chi connectivity index (χ2v) is 5.07. The molecule has 3 aromatic rings. The van der Waals surface area contributed by atoms with Gasteiger partial charge in [-0.1, -0.05) is 6.92 Å². The van der Waals surface area contributed by atoms with E-state index in [4.69, 9.17) is 0 Å². The van der Waals surface area contributed by atoms with Crippen molar-refractivity contribution in [3.63, 3.8) is 0 Å². The van der Waals surface area contributed by atoms with E-state index in [9.17, 15) is 9.90 Å². The van der Waals surface area contributed by atoms with Crippen molar-refractivity contribution in [1.29, 1.82) is 0 Å². The normalized spacial score (nSPS) is 11.0. The van der Waals surface area contributed by atoms with E-state index in [1.807, 2.05) is 22.9 Å². The molecular formula is C14H12N2O2S. The number of nitrogens with zero attached hydrogens (tertiary/aromatic N) is 2. The van der Waals surface area contributed by atoms with Crippen LogP contribution < -0.4 is 0 Å². The minimum absolute atomic E-state index is 0.0669. The van der Waals surface area contributed by atoms with Crippen molar-refractivity contribution < 1.29 is 9.90 Å². The molecule has 2 heterocycles. The molecule has 0 unspecified atom stereocenters. The van der Waals surface area contributed by atoms with Crippen LogP contribution in [0.5, 0.6) is 5.75 Å². The molecule has 1 N–H and O–H groups in total. The largest absolute Gasteiger partial charge is 0.508 e. The quantitative estimate of drug-likeness (QED) is 0.746. The van der Waals surface area contributed by atoms with Crippen molar-refractivity contribution in [3.05, 3.63) is 52.8 Å². The number of hydrogen-bond donors (Lipinski definition) is 1. The first-order valence-electron chi connectivity index (χ1n) is 5.99. The highest BCUT2D eigenvalue weighted by atomic mass is 32.1. The number of rotatable bonds is 3. The lowest BCUT2D eigenvalue weighted by Gasteiger charge is -2.02. The monoisotopic (exact) mass is 272 g/mol. The van der Waals surface area contributed by atoms with Crippen LogP contribution in [-0.2, 0) is 6.42 Å². The highest BCUT2D eigenvalue weighted by Gasteiger charge is 2.20. The van der Waals surface area contributed by atoms with Crippen molar-refractivity contribution in [1.82, 2.24) is 9.38 Å². The van der Waals surface area contributed by atoms with Gasteiger partial charge in [0.25, 0.3) is 0 Å². The van der Waals surface area contributed by atoms with Crippen molar-refractivity contribution in [2.45, 2.75) is 13.3 Å². The number of hydrogen-bond acceptors (Lipinski definition) is 4. The number of benzene rings is 1. The Morgan fingerprint density at radius 3 is 2.79 bits per heavy atom. The van der Waals surface area contributed by atoms with E-state index in [2.05, 4.69) is 4.98 Å². The molecule has 96 valence electrons. The Morgan fingerprint density at radius 1 is 1.37 bits per heavy atom. The lowest BCUT2D eigenvalue weighted by Crippen LogP contribution is -2.07. The van der Waals surface area contributed by atoms with Gasteiger partial charge in [0, 0.05) is 17.1 Å². The second-order valence-electron chi connectivity index (χ2n) is 4.19. The smallest absolute Gasteiger partial charge is 0.211 e. The first-order valence-corrected chi connectivity index (χ1v) is 6.87. The molecule has 0 radical (unpaired) electrons. The van der Waals surface area contributed by atoms with Crippen molar-refractivity contribution in [2.75, 3.05) is 0 Å².